The number of rotatable bonds is 5. The number of benzene rings is 1. The van der Waals surface area contributed by atoms with E-state index in [1.807, 2.05) is 29.9 Å². The lowest BCUT2D eigenvalue weighted by atomic mass is 10.2. The van der Waals surface area contributed by atoms with Crippen molar-refractivity contribution in [3.8, 4) is 5.75 Å². The molecule has 0 fully saturated rings. The van der Waals surface area contributed by atoms with Gasteiger partial charge in [-0.25, -0.2) is 4.98 Å². The van der Waals surface area contributed by atoms with Crippen LogP contribution in [0.2, 0.25) is 0 Å². The van der Waals surface area contributed by atoms with Gasteiger partial charge in [-0.15, -0.1) is 0 Å². The van der Waals surface area contributed by atoms with Crippen molar-refractivity contribution in [2.45, 2.75) is 25.9 Å². The molecular weight excluding hydrogens is 280 g/mol. The fourth-order valence-electron chi connectivity index (χ4n) is 2.51. The molecule has 0 amide bonds. The number of aromatic nitrogens is 4. The fraction of sp³-hybridized carbons (Fsp3) is 0.312. The van der Waals surface area contributed by atoms with Crippen molar-refractivity contribution in [3.05, 3.63) is 53.3 Å². The zero-order valence-electron chi connectivity index (χ0n) is 12.6. The Bertz CT molecular complexity index is 824. The summed E-state index contributed by atoms with van der Waals surface area (Å²) < 4.78 is 8.79. The van der Waals surface area contributed by atoms with Gasteiger partial charge in [-0.2, -0.15) is 5.10 Å². The first kappa shape index (κ1) is 14.3. The molecule has 0 saturated carbocycles. The van der Waals surface area contributed by atoms with Gasteiger partial charge in [-0.3, -0.25) is 14.0 Å². The van der Waals surface area contributed by atoms with Crippen LogP contribution >= 0.6 is 0 Å². The Labute approximate surface area is 128 Å². The van der Waals surface area contributed by atoms with Gasteiger partial charge in [0.1, 0.15) is 11.3 Å². The van der Waals surface area contributed by atoms with Crippen molar-refractivity contribution >= 4 is 10.9 Å². The van der Waals surface area contributed by atoms with Gasteiger partial charge in [0.05, 0.1) is 18.8 Å². The molecule has 0 aliphatic carbocycles. The average Bonchev–Trinajstić information content (AvgIpc) is 3.06. The number of ether oxygens (including phenoxy) is 1. The van der Waals surface area contributed by atoms with Crippen LogP contribution in [0.1, 0.15) is 19.4 Å². The molecule has 2 heterocycles. The van der Waals surface area contributed by atoms with Crippen LogP contribution in [0.25, 0.3) is 10.9 Å². The van der Waals surface area contributed by atoms with E-state index in [0.717, 1.165) is 13.0 Å². The van der Waals surface area contributed by atoms with Crippen LogP contribution in [-0.2, 0) is 6.54 Å². The Morgan fingerprint density at radius 1 is 1.32 bits per heavy atom. The predicted molar refractivity (Wildman–Crippen MR) is 84.1 cm³/mol. The van der Waals surface area contributed by atoms with E-state index in [1.165, 1.54) is 0 Å². The van der Waals surface area contributed by atoms with E-state index in [1.54, 1.807) is 36.3 Å². The van der Waals surface area contributed by atoms with Gasteiger partial charge in [-0.05, 0) is 31.5 Å². The SMILES string of the molecule is COc1cccc2c(=O)n(C(C)CCn3cccn3)cnc12. The Balaban J connectivity index is 1.90. The van der Waals surface area contributed by atoms with Gasteiger partial charge < -0.3 is 4.74 Å². The second-order valence-electron chi connectivity index (χ2n) is 5.22. The number of aryl methyl sites for hydroxylation is 1. The van der Waals surface area contributed by atoms with Gasteiger partial charge in [-0.1, -0.05) is 6.07 Å². The van der Waals surface area contributed by atoms with Gasteiger partial charge in [0.2, 0.25) is 0 Å². The second kappa shape index (κ2) is 6.01. The molecule has 0 spiro atoms. The summed E-state index contributed by atoms with van der Waals surface area (Å²) in [4.78, 5) is 17.0. The molecule has 1 atom stereocenters. The highest BCUT2D eigenvalue weighted by atomic mass is 16.5. The minimum atomic E-state index is -0.0446. The summed E-state index contributed by atoms with van der Waals surface area (Å²) in [6.45, 7) is 2.77. The van der Waals surface area contributed by atoms with E-state index in [-0.39, 0.29) is 11.6 Å². The van der Waals surface area contributed by atoms with Gasteiger partial charge in [0, 0.05) is 25.0 Å². The van der Waals surface area contributed by atoms with Crippen molar-refractivity contribution in [1.29, 1.82) is 0 Å². The zero-order valence-corrected chi connectivity index (χ0v) is 12.6. The summed E-state index contributed by atoms with van der Waals surface area (Å²) in [5.74, 6) is 0.617. The van der Waals surface area contributed by atoms with Crippen molar-refractivity contribution < 1.29 is 4.74 Å². The Morgan fingerprint density at radius 3 is 2.91 bits per heavy atom. The number of fused-ring (bicyclic) bond motifs is 1. The maximum absolute atomic E-state index is 12.6. The smallest absolute Gasteiger partial charge is 0.261 e. The van der Waals surface area contributed by atoms with Gasteiger partial charge in [0.25, 0.3) is 5.56 Å². The van der Waals surface area contributed by atoms with Crippen LogP contribution in [0.5, 0.6) is 5.75 Å². The van der Waals surface area contributed by atoms with E-state index in [4.69, 9.17) is 4.74 Å². The molecule has 114 valence electrons. The van der Waals surface area contributed by atoms with Crippen LogP contribution in [0, 0.1) is 0 Å². The van der Waals surface area contributed by atoms with Gasteiger partial charge in [0.15, 0.2) is 0 Å². The van der Waals surface area contributed by atoms with Crippen molar-refractivity contribution in [1.82, 2.24) is 19.3 Å². The van der Waals surface area contributed by atoms with Crippen LogP contribution in [-0.4, -0.2) is 26.4 Å². The molecule has 0 N–H and O–H groups in total. The standard InChI is InChI=1S/C16H18N4O2/c1-12(7-10-19-9-4-8-18-19)20-11-17-15-13(16(20)21)5-3-6-14(15)22-2/h3-6,8-9,11-12H,7,10H2,1-2H3. The zero-order chi connectivity index (χ0) is 15.5. The van der Waals surface area contributed by atoms with E-state index < -0.39 is 0 Å². The van der Waals surface area contributed by atoms with E-state index >= 15 is 0 Å². The summed E-state index contributed by atoms with van der Waals surface area (Å²) in [6, 6.07) is 7.33. The van der Waals surface area contributed by atoms with Crippen molar-refractivity contribution in [3.63, 3.8) is 0 Å². The summed E-state index contributed by atoms with van der Waals surface area (Å²) in [7, 11) is 1.58. The quantitative estimate of drug-likeness (QED) is 0.725. The van der Waals surface area contributed by atoms with Crippen LogP contribution in [0.4, 0.5) is 0 Å². The number of hydrogen-bond acceptors (Lipinski definition) is 4. The lowest BCUT2D eigenvalue weighted by Crippen LogP contribution is -2.24. The fourth-order valence-corrected chi connectivity index (χ4v) is 2.51. The van der Waals surface area contributed by atoms with Gasteiger partial charge >= 0.3 is 0 Å². The molecule has 0 aliphatic heterocycles. The molecule has 3 rings (SSSR count). The number of methoxy groups -OCH3 is 1. The Hall–Kier alpha value is -2.63. The molecule has 3 aromatic rings. The van der Waals surface area contributed by atoms with E-state index in [2.05, 4.69) is 10.1 Å². The Kier molecular flexibility index (Phi) is 3.91. The molecule has 0 bridgehead atoms. The molecule has 2 aromatic heterocycles. The maximum atomic E-state index is 12.6. The largest absolute Gasteiger partial charge is 0.494 e. The predicted octanol–water partition coefficient (Wildman–Crippen LogP) is 2.25. The molecule has 22 heavy (non-hydrogen) atoms. The minimum absolute atomic E-state index is 0.0415. The summed E-state index contributed by atoms with van der Waals surface area (Å²) in [5, 5.41) is 4.75. The normalized spacial score (nSPS) is 12.5. The van der Waals surface area contributed by atoms with Crippen LogP contribution < -0.4 is 10.3 Å². The molecule has 1 unspecified atom stereocenters. The first-order chi connectivity index (χ1) is 10.7. The highest BCUT2D eigenvalue weighted by Gasteiger charge is 2.12. The molecule has 0 saturated heterocycles. The van der Waals surface area contributed by atoms with Crippen molar-refractivity contribution in [2.75, 3.05) is 7.11 Å². The summed E-state index contributed by atoms with van der Waals surface area (Å²) in [5.41, 5.74) is 0.558. The van der Waals surface area contributed by atoms with Crippen LogP contribution in [0.15, 0.2) is 47.8 Å². The monoisotopic (exact) mass is 298 g/mol. The second-order valence-corrected chi connectivity index (χ2v) is 5.22. The molecule has 6 heteroatoms. The first-order valence-electron chi connectivity index (χ1n) is 7.22. The molecule has 6 nitrogen and oxygen atoms in total. The maximum Gasteiger partial charge on any atom is 0.261 e. The summed E-state index contributed by atoms with van der Waals surface area (Å²) >= 11 is 0. The highest BCUT2D eigenvalue weighted by Crippen LogP contribution is 2.21. The minimum Gasteiger partial charge on any atom is -0.494 e. The lowest BCUT2D eigenvalue weighted by Gasteiger charge is -2.15. The average molecular weight is 298 g/mol. The lowest BCUT2D eigenvalue weighted by molar-refractivity contribution is 0.417. The van der Waals surface area contributed by atoms with E-state index in [0.29, 0.717) is 16.7 Å². The van der Waals surface area contributed by atoms with E-state index in [9.17, 15) is 4.79 Å². The number of hydrogen-bond donors (Lipinski definition) is 0. The third-order valence-electron chi connectivity index (χ3n) is 3.81. The third kappa shape index (κ3) is 2.59. The first-order valence-corrected chi connectivity index (χ1v) is 7.22. The molecule has 0 radical (unpaired) electrons. The van der Waals surface area contributed by atoms with Crippen LogP contribution in [0.3, 0.4) is 0 Å². The third-order valence-corrected chi connectivity index (χ3v) is 3.81. The Morgan fingerprint density at radius 2 is 2.18 bits per heavy atom. The highest BCUT2D eigenvalue weighted by molar-refractivity contribution is 5.83. The topological polar surface area (TPSA) is 61.9 Å². The molecular formula is C16H18N4O2. The number of nitrogens with zero attached hydrogens (tertiary/aromatic N) is 4. The molecule has 1 aromatic carbocycles. The molecule has 0 aliphatic rings. The summed E-state index contributed by atoms with van der Waals surface area (Å²) in [6.07, 6.45) is 6.07. The number of para-hydroxylation sites is 1. The van der Waals surface area contributed by atoms with Crippen molar-refractivity contribution in [2.24, 2.45) is 0 Å².